The molecule has 5 aromatic rings. The van der Waals surface area contributed by atoms with E-state index in [2.05, 4.69) is 26.3 Å². The van der Waals surface area contributed by atoms with E-state index in [0.29, 0.717) is 27.8 Å². The van der Waals surface area contributed by atoms with E-state index >= 15 is 0 Å². The van der Waals surface area contributed by atoms with E-state index < -0.39 is 5.76 Å². The summed E-state index contributed by atoms with van der Waals surface area (Å²) in [5, 5.41) is 4.35. The number of nitrogens with zero attached hydrogens (tertiary/aromatic N) is 5. The number of aromatic nitrogens is 6. The molecule has 186 valence electrons. The predicted octanol–water partition coefficient (Wildman–Crippen LogP) is 6.13. The lowest BCUT2D eigenvalue weighted by atomic mass is 9.89. The van der Waals surface area contributed by atoms with Crippen LogP contribution in [0.2, 0.25) is 5.02 Å². The smallest absolute Gasteiger partial charge is 0.322 e. The van der Waals surface area contributed by atoms with Gasteiger partial charge in [-0.25, -0.2) is 14.8 Å². The van der Waals surface area contributed by atoms with Gasteiger partial charge in [0.25, 0.3) is 0 Å². The Labute approximate surface area is 218 Å². The normalized spacial score (nSPS) is 14.3. The highest BCUT2D eigenvalue weighted by atomic mass is 35.5. The van der Waals surface area contributed by atoms with Gasteiger partial charge < -0.3 is 4.57 Å². The summed E-state index contributed by atoms with van der Waals surface area (Å²) in [4.78, 5) is 28.6. The van der Waals surface area contributed by atoms with Gasteiger partial charge in [-0.05, 0) is 36.5 Å². The van der Waals surface area contributed by atoms with Gasteiger partial charge >= 0.3 is 5.76 Å². The average molecular weight is 513 g/mol. The first-order valence-corrected chi connectivity index (χ1v) is 12.8. The third-order valence-electron chi connectivity index (χ3n) is 6.94. The number of benzene rings is 1. The monoisotopic (exact) mass is 512 g/mol. The second-order valence-electron chi connectivity index (χ2n) is 9.45. The van der Waals surface area contributed by atoms with Crippen LogP contribution in [0.1, 0.15) is 43.5 Å². The molecule has 0 aliphatic heterocycles. The molecule has 1 fully saturated rings. The summed E-state index contributed by atoms with van der Waals surface area (Å²) in [6.45, 7) is 5.24. The lowest BCUT2D eigenvalue weighted by Crippen LogP contribution is -2.16. The molecule has 4 heterocycles. The van der Waals surface area contributed by atoms with E-state index in [1.807, 2.05) is 42.5 Å². The molecule has 1 N–H and O–H groups in total. The number of halogens is 1. The third-order valence-corrected chi connectivity index (χ3v) is 7.15. The number of nitrogens with one attached hydrogen (secondary N) is 1. The summed E-state index contributed by atoms with van der Waals surface area (Å²) in [6, 6.07) is 13.7. The molecule has 0 bridgehead atoms. The number of pyridine rings is 2. The maximum atomic E-state index is 11.7. The number of rotatable bonds is 6. The number of aromatic amines is 1. The molecule has 0 spiro atoms. The molecular formula is C28H25ClN6O2. The first kappa shape index (κ1) is 23.4. The van der Waals surface area contributed by atoms with Gasteiger partial charge in [0.15, 0.2) is 0 Å². The van der Waals surface area contributed by atoms with Gasteiger partial charge in [0.2, 0.25) is 5.82 Å². The first-order valence-electron chi connectivity index (χ1n) is 12.4. The van der Waals surface area contributed by atoms with Gasteiger partial charge in [0.1, 0.15) is 11.5 Å². The molecule has 0 radical (unpaired) electrons. The van der Waals surface area contributed by atoms with E-state index in [4.69, 9.17) is 26.1 Å². The van der Waals surface area contributed by atoms with Crippen LogP contribution >= 0.6 is 11.6 Å². The molecule has 1 aliphatic carbocycles. The zero-order valence-electron chi connectivity index (χ0n) is 20.2. The number of H-pyrrole nitrogens is 1. The van der Waals surface area contributed by atoms with Crippen LogP contribution in [-0.4, -0.2) is 29.7 Å². The Bertz CT molecular complexity index is 1650. The lowest BCUT2D eigenvalue weighted by molar-refractivity contribution is 0.321. The van der Waals surface area contributed by atoms with Crippen molar-refractivity contribution in [3.05, 3.63) is 88.4 Å². The topological polar surface area (TPSA) is 102 Å². The number of imidazole rings is 1. The fourth-order valence-electron chi connectivity index (χ4n) is 5.17. The number of hydrogen-bond donors (Lipinski definition) is 1. The minimum Gasteiger partial charge on any atom is -0.322 e. The van der Waals surface area contributed by atoms with Crippen molar-refractivity contribution < 1.29 is 4.52 Å². The van der Waals surface area contributed by atoms with Crippen molar-refractivity contribution in [1.82, 2.24) is 29.7 Å². The quantitative estimate of drug-likeness (QED) is 0.293. The second-order valence-corrected chi connectivity index (χ2v) is 9.89. The number of hydrogen-bond acceptors (Lipinski definition) is 6. The molecule has 6 rings (SSSR count). The molecule has 8 nitrogen and oxygen atoms in total. The van der Waals surface area contributed by atoms with E-state index in [1.165, 1.54) is 32.1 Å². The van der Waals surface area contributed by atoms with Crippen molar-refractivity contribution in [2.24, 2.45) is 5.92 Å². The zero-order valence-corrected chi connectivity index (χ0v) is 20.9. The average Bonchev–Trinajstić information content (AvgIpc) is 3.52. The summed E-state index contributed by atoms with van der Waals surface area (Å²) in [5.74, 6) is 0.901. The fraction of sp³-hybridized carbons (Fsp3) is 0.250. The van der Waals surface area contributed by atoms with Gasteiger partial charge in [0, 0.05) is 30.1 Å². The predicted molar refractivity (Wildman–Crippen MR) is 143 cm³/mol. The summed E-state index contributed by atoms with van der Waals surface area (Å²) in [6.07, 6.45) is 9.42. The molecule has 37 heavy (non-hydrogen) atoms. The molecule has 0 atom stereocenters. The summed E-state index contributed by atoms with van der Waals surface area (Å²) in [5.41, 5.74) is 5.26. The van der Waals surface area contributed by atoms with Crippen molar-refractivity contribution in [2.75, 3.05) is 0 Å². The first-order chi connectivity index (χ1) is 18.1. The van der Waals surface area contributed by atoms with Crippen LogP contribution < -0.4 is 5.76 Å². The van der Waals surface area contributed by atoms with E-state index in [-0.39, 0.29) is 5.82 Å². The number of fused-ring (bicyclic) bond motifs is 1. The highest BCUT2D eigenvalue weighted by Gasteiger charge is 2.24. The van der Waals surface area contributed by atoms with Gasteiger partial charge in [-0.15, -0.1) is 0 Å². The van der Waals surface area contributed by atoms with Gasteiger partial charge in [0.05, 0.1) is 21.7 Å². The molecule has 1 saturated carbocycles. The van der Waals surface area contributed by atoms with Crippen LogP contribution in [0.25, 0.3) is 39.4 Å². The van der Waals surface area contributed by atoms with Crippen molar-refractivity contribution in [2.45, 2.75) is 38.6 Å². The van der Waals surface area contributed by atoms with Crippen LogP contribution in [-0.2, 0) is 6.54 Å². The summed E-state index contributed by atoms with van der Waals surface area (Å²) >= 11 is 6.34. The van der Waals surface area contributed by atoms with Crippen molar-refractivity contribution in [3.63, 3.8) is 0 Å². The molecule has 4 aromatic heterocycles. The second kappa shape index (κ2) is 9.78. The summed E-state index contributed by atoms with van der Waals surface area (Å²) in [7, 11) is 0. The highest BCUT2D eigenvalue weighted by Crippen LogP contribution is 2.36. The Hall–Kier alpha value is -4.04. The van der Waals surface area contributed by atoms with Crippen LogP contribution in [0.3, 0.4) is 0 Å². The maximum absolute atomic E-state index is 11.7. The van der Waals surface area contributed by atoms with Crippen molar-refractivity contribution in [3.8, 4) is 22.8 Å². The molecule has 0 amide bonds. The Morgan fingerprint density at radius 2 is 1.92 bits per heavy atom. The molecule has 0 unspecified atom stereocenters. The third kappa shape index (κ3) is 4.60. The molecule has 9 heteroatoms. The Kier molecular flexibility index (Phi) is 6.18. The Balaban J connectivity index is 1.62. The minimum absolute atomic E-state index is 0.230. The maximum Gasteiger partial charge on any atom is 0.439 e. The molecular weight excluding hydrogens is 488 g/mol. The Morgan fingerprint density at radius 1 is 1.11 bits per heavy atom. The molecule has 1 aromatic carbocycles. The standard InChI is InChI=1S/C28H25ClN6O2/c1-17(19-10-6-3-7-11-19)27-32-22-13-23(26-33-28(36)37-34-26)31-24(20-12-21(29)15-30-14-20)25(22)35(27)16-18-8-4-2-5-9-18/h3,6-7,10-15,18H,1-2,4-5,8-9,16H2,(H,33,34,36). The van der Waals surface area contributed by atoms with E-state index in [1.54, 1.807) is 12.4 Å². The van der Waals surface area contributed by atoms with Crippen molar-refractivity contribution in [1.29, 1.82) is 0 Å². The van der Waals surface area contributed by atoms with Crippen LogP contribution in [0.5, 0.6) is 0 Å². The zero-order chi connectivity index (χ0) is 25.4. The van der Waals surface area contributed by atoms with E-state index in [9.17, 15) is 4.79 Å². The van der Waals surface area contributed by atoms with Crippen LogP contribution in [0.4, 0.5) is 0 Å². The minimum atomic E-state index is -0.649. The van der Waals surface area contributed by atoms with Crippen LogP contribution in [0, 0.1) is 5.92 Å². The lowest BCUT2D eigenvalue weighted by Gasteiger charge is -2.24. The van der Waals surface area contributed by atoms with E-state index in [0.717, 1.165) is 34.6 Å². The summed E-state index contributed by atoms with van der Waals surface area (Å²) < 4.78 is 7.00. The molecule has 0 saturated heterocycles. The highest BCUT2D eigenvalue weighted by molar-refractivity contribution is 6.30. The van der Waals surface area contributed by atoms with Crippen molar-refractivity contribution >= 4 is 28.2 Å². The SMILES string of the molecule is C=C(c1ccccc1)c1nc2cc(-c3noc(=O)[nH]3)nc(-c3cncc(Cl)c3)c2n1CC1CCCCC1. The van der Waals surface area contributed by atoms with Gasteiger partial charge in [-0.1, -0.05) is 72.9 Å². The Morgan fingerprint density at radius 3 is 2.65 bits per heavy atom. The van der Waals surface area contributed by atoms with Gasteiger partial charge in [-0.3, -0.25) is 14.5 Å². The largest absolute Gasteiger partial charge is 0.439 e. The van der Waals surface area contributed by atoms with Crippen LogP contribution in [0.15, 0.2) is 70.8 Å². The fourth-order valence-corrected chi connectivity index (χ4v) is 5.34. The van der Waals surface area contributed by atoms with Gasteiger partial charge in [-0.2, -0.15) is 0 Å². The molecule has 1 aliphatic rings.